The highest BCUT2D eigenvalue weighted by atomic mass is 32.3. The number of hydrogen-bond donors (Lipinski definition) is 1. The van der Waals surface area contributed by atoms with Gasteiger partial charge >= 0.3 is 0 Å². The molecule has 0 saturated carbocycles. The molecule has 212 valence electrons. The maximum Gasteiger partial charge on any atom is 0.0868 e. The molecule has 1 aliphatic rings. The molecule has 8 rings (SSSR count). The number of allylic oxidation sites excluding steroid dienone is 2. The molecular formula is C41H32N2S. The fourth-order valence-corrected chi connectivity index (χ4v) is 10.7. The predicted octanol–water partition coefficient (Wildman–Crippen LogP) is 10.6. The molecule has 0 aliphatic carbocycles. The Morgan fingerprint density at radius 1 is 0.500 bits per heavy atom. The monoisotopic (exact) mass is 584 g/mol. The molecule has 0 saturated heterocycles. The summed E-state index contributed by atoms with van der Waals surface area (Å²) >= 11 is 0. The van der Waals surface area contributed by atoms with Crippen LogP contribution in [0.3, 0.4) is 0 Å². The molecule has 0 bridgehead atoms. The van der Waals surface area contributed by atoms with Crippen LogP contribution >= 0.6 is 10.0 Å². The number of hydrogen-bond acceptors (Lipinski definition) is 1. The number of nitrogens with one attached hydrogen (secondary N) is 1. The van der Waals surface area contributed by atoms with E-state index in [1.165, 1.54) is 53.3 Å². The van der Waals surface area contributed by atoms with Crippen LogP contribution in [-0.2, 0) is 0 Å². The standard InChI is InChI=1S/C41H32N2S/c1-5-15-31(16-6-1)32-25-28-41(42-30-32)44(34-19-9-3-10-20-34,35-21-11-4-12-22-35)36-26-27-40-38(29-36)37-23-13-14-24-39(37)43(40)33-17-7-2-8-18-33/h1-30,41-42H. The zero-order valence-electron chi connectivity index (χ0n) is 24.3. The van der Waals surface area contributed by atoms with E-state index in [0.29, 0.717) is 0 Å². The predicted molar refractivity (Wildman–Crippen MR) is 187 cm³/mol. The lowest BCUT2D eigenvalue weighted by Gasteiger charge is -2.47. The van der Waals surface area contributed by atoms with E-state index in [2.05, 4.69) is 192 Å². The first-order chi connectivity index (χ1) is 21.8. The van der Waals surface area contributed by atoms with Gasteiger partial charge < -0.3 is 9.88 Å². The van der Waals surface area contributed by atoms with Gasteiger partial charge in [-0.05, 0) is 71.8 Å². The van der Waals surface area contributed by atoms with Gasteiger partial charge in [-0.15, -0.1) is 10.0 Å². The molecule has 1 aliphatic heterocycles. The van der Waals surface area contributed by atoms with Gasteiger partial charge in [0, 0.05) is 37.3 Å². The first-order valence-electron chi connectivity index (χ1n) is 15.0. The third-order valence-electron chi connectivity index (χ3n) is 8.60. The Balaban J connectivity index is 1.39. The number of rotatable bonds is 6. The minimum absolute atomic E-state index is 0.0553. The number of nitrogens with zero attached hydrogens (tertiary/aromatic N) is 1. The Morgan fingerprint density at radius 2 is 1.07 bits per heavy atom. The molecule has 44 heavy (non-hydrogen) atoms. The molecule has 3 heteroatoms. The fraction of sp³-hybridized carbons (Fsp3) is 0.0244. The Hall–Kier alpha value is -5.25. The van der Waals surface area contributed by atoms with E-state index in [1.807, 2.05) is 0 Å². The van der Waals surface area contributed by atoms with Crippen molar-refractivity contribution < 1.29 is 0 Å². The van der Waals surface area contributed by atoms with Gasteiger partial charge in [0.15, 0.2) is 0 Å². The van der Waals surface area contributed by atoms with E-state index in [4.69, 9.17) is 0 Å². The van der Waals surface area contributed by atoms with Gasteiger partial charge in [0.25, 0.3) is 0 Å². The van der Waals surface area contributed by atoms with Gasteiger partial charge in [-0.3, -0.25) is 0 Å². The van der Waals surface area contributed by atoms with Crippen LogP contribution in [0.1, 0.15) is 5.56 Å². The Labute approximate surface area is 259 Å². The first-order valence-corrected chi connectivity index (χ1v) is 16.7. The van der Waals surface area contributed by atoms with Crippen LogP contribution in [-0.4, -0.2) is 9.94 Å². The number of aromatic nitrogens is 1. The highest BCUT2D eigenvalue weighted by Crippen LogP contribution is 2.71. The van der Waals surface area contributed by atoms with Gasteiger partial charge in [-0.25, -0.2) is 0 Å². The SMILES string of the molecule is C1=CC(S(c2ccccc2)(c2ccccc2)c2ccc3c(c2)c2ccccc2n3-c2ccccc2)NC=C1c1ccccc1. The third kappa shape index (κ3) is 4.28. The maximum atomic E-state index is 3.90. The van der Waals surface area contributed by atoms with E-state index in [0.717, 1.165) is 0 Å². The van der Waals surface area contributed by atoms with Crippen molar-refractivity contribution in [2.75, 3.05) is 0 Å². The summed E-state index contributed by atoms with van der Waals surface area (Å²) in [7, 11) is -1.81. The van der Waals surface area contributed by atoms with Crippen LogP contribution in [0.5, 0.6) is 0 Å². The van der Waals surface area contributed by atoms with Gasteiger partial charge in [0.2, 0.25) is 0 Å². The van der Waals surface area contributed by atoms with Crippen molar-refractivity contribution in [3.8, 4) is 5.69 Å². The summed E-state index contributed by atoms with van der Waals surface area (Å²) in [5, 5.41) is 6.49. The molecule has 6 aromatic carbocycles. The summed E-state index contributed by atoms with van der Waals surface area (Å²) < 4.78 is 2.39. The summed E-state index contributed by atoms with van der Waals surface area (Å²) in [5.41, 5.74) is 6.01. The number of para-hydroxylation sites is 2. The lowest BCUT2D eigenvalue weighted by molar-refractivity contribution is 0.892. The largest absolute Gasteiger partial charge is 0.376 e. The summed E-state index contributed by atoms with van der Waals surface area (Å²) in [6, 6.07) is 59.5. The Morgan fingerprint density at radius 3 is 1.70 bits per heavy atom. The molecule has 2 heterocycles. The van der Waals surface area contributed by atoms with Crippen molar-refractivity contribution in [1.29, 1.82) is 0 Å². The zero-order valence-corrected chi connectivity index (χ0v) is 25.1. The van der Waals surface area contributed by atoms with Crippen LogP contribution in [0, 0.1) is 0 Å². The average molecular weight is 585 g/mol. The molecule has 1 N–H and O–H groups in total. The van der Waals surface area contributed by atoms with Gasteiger partial charge in [-0.1, -0.05) is 115 Å². The van der Waals surface area contributed by atoms with Crippen molar-refractivity contribution in [3.63, 3.8) is 0 Å². The summed E-state index contributed by atoms with van der Waals surface area (Å²) in [6.07, 6.45) is 6.88. The highest BCUT2D eigenvalue weighted by molar-refractivity contribution is 8.34. The zero-order chi connectivity index (χ0) is 29.3. The van der Waals surface area contributed by atoms with Gasteiger partial charge in [-0.2, -0.15) is 0 Å². The van der Waals surface area contributed by atoms with Crippen molar-refractivity contribution in [3.05, 3.63) is 188 Å². The van der Waals surface area contributed by atoms with Crippen molar-refractivity contribution in [1.82, 2.24) is 9.88 Å². The van der Waals surface area contributed by atoms with E-state index < -0.39 is 10.0 Å². The maximum absolute atomic E-state index is 3.90. The van der Waals surface area contributed by atoms with Gasteiger partial charge in [0.1, 0.15) is 0 Å². The molecular weight excluding hydrogens is 553 g/mol. The Bertz CT molecular complexity index is 2090. The number of dihydropyridines is 1. The second kappa shape index (κ2) is 11.1. The summed E-state index contributed by atoms with van der Waals surface area (Å²) in [5.74, 6) is 0. The molecule has 0 radical (unpaired) electrons. The quantitative estimate of drug-likeness (QED) is 0.206. The summed E-state index contributed by atoms with van der Waals surface area (Å²) in [6.45, 7) is 0. The van der Waals surface area contributed by atoms with Crippen LogP contribution in [0.15, 0.2) is 197 Å². The van der Waals surface area contributed by atoms with Crippen LogP contribution in [0.2, 0.25) is 0 Å². The topological polar surface area (TPSA) is 17.0 Å². The second-order valence-electron chi connectivity index (χ2n) is 11.1. The molecule has 1 unspecified atom stereocenters. The third-order valence-corrected chi connectivity index (χ3v) is 12.7. The molecule has 1 atom stereocenters. The molecule has 1 aromatic heterocycles. The molecule has 0 amide bonds. The van der Waals surface area contributed by atoms with Gasteiger partial charge in [0.05, 0.1) is 16.4 Å². The van der Waals surface area contributed by atoms with Crippen molar-refractivity contribution in [2.45, 2.75) is 20.1 Å². The minimum atomic E-state index is -1.81. The normalized spacial score (nSPS) is 15.2. The second-order valence-corrected chi connectivity index (χ2v) is 14.3. The summed E-state index contributed by atoms with van der Waals surface area (Å²) in [4.78, 5) is 3.99. The lowest BCUT2D eigenvalue weighted by atomic mass is 10.1. The first kappa shape index (κ1) is 26.4. The van der Waals surface area contributed by atoms with E-state index >= 15 is 0 Å². The number of fused-ring (bicyclic) bond motifs is 3. The lowest BCUT2D eigenvalue weighted by Crippen LogP contribution is -2.31. The average Bonchev–Trinajstić information content (AvgIpc) is 3.44. The Kier molecular flexibility index (Phi) is 6.66. The molecule has 0 spiro atoms. The molecule has 2 nitrogen and oxygen atoms in total. The van der Waals surface area contributed by atoms with Crippen LogP contribution < -0.4 is 5.32 Å². The van der Waals surface area contributed by atoms with Crippen LogP contribution in [0.4, 0.5) is 0 Å². The van der Waals surface area contributed by atoms with E-state index in [1.54, 1.807) is 0 Å². The van der Waals surface area contributed by atoms with Crippen molar-refractivity contribution in [2.24, 2.45) is 0 Å². The smallest absolute Gasteiger partial charge is 0.0868 e. The van der Waals surface area contributed by atoms with Crippen LogP contribution in [0.25, 0.3) is 33.1 Å². The highest BCUT2D eigenvalue weighted by Gasteiger charge is 2.38. The minimum Gasteiger partial charge on any atom is -0.376 e. The van der Waals surface area contributed by atoms with E-state index in [9.17, 15) is 0 Å². The molecule has 7 aromatic rings. The fourth-order valence-electron chi connectivity index (χ4n) is 6.62. The van der Waals surface area contributed by atoms with Crippen molar-refractivity contribution >= 4 is 37.4 Å². The molecule has 0 fully saturated rings. The number of benzene rings is 6. The van der Waals surface area contributed by atoms with E-state index in [-0.39, 0.29) is 5.37 Å².